The second-order valence-corrected chi connectivity index (χ2v) is 7.64. The molecule has 5 atom stereocenters. The van der Waals surface area contributed by atoms with Gasteiger partial charge < -0.3 is 19.7 Å². The Morgan fingerprint density at radius 1 is 1.48 bits per heavy atom. The number of carbonyl (C=O) groups is 1. The Morgan fingerprint density at radius 2 is 2.12 bits per heavy atom. The predicted octanol–water partition coefficient (Wildman–Crippen LogP) is 1.04. The number of nitrogens with zero attached hydrogens (tertiary/aromatic N) is 2. The molecule has 1 amide bonds. The van der Waals surface area contributed by atoms with Crippen molar-refractivity contribution in [3.8, 4) is 12.3 Å². The fraction of sp³-hybridized carbons (Fsp3) is 0.733. The van der Waals surface area contributed by atoms with Crippen molar-refractivity contribution in [3.05, 3.63) is 0 Å². The Balaban J connectivity index is 2.20. The maximum atomic E-state index is 12.9. The summed E-state index contributed by atoms with van der Waals surface area (Å²) in [7, 11) is 0. The molecule has 2 heterocycles. The zero-order chi connectivity index (χ0) is 18.9. The molecule has 10 heteroatoms. The van der Waals surface area contributed by atoms with Gasteiger partial charge in [0.15, 0.2) is 5.17 Å². The number of hydrogen-bond acceptors (Lipinski definition) is 7. The Hall–Kier alpha value is -1.41. The lowest BCUT2D eigenvalue weighted by Gasteiger charge is -2.37. The van der Waals surface area contributed by atoms with Crippen molar-refractivity contribution in [2.75, 3.05) is 6.54 Å². The van der Waals surface area contributed by atoms with Crippen LogP contribution in [0.1, 0.15) is 20.8 Å². The third-order valence-electron chi connectivity index (χ3n) is 3.43. The van der Waals surface area contributed by atoms with E-state index in [1.807, 2.05) is 0 Å². The number of carbonyl (C=O) groups excluding carboxylic acids is 1. The first-order valence-electron chi connectivity index (χ1n) is 7.53. The summed E-state index contributed by atoms with van der Waals surface area (Å²) in [4.78, 5) is 17.5. The number of aliphatic imine (C=N–C) groups is 1. The average Bonchev–Trinajstić information content (AvgIpc) is 2.90. The molecule has 2 N–H and O–H groups in total. The van der Waals surface area contributed by atoms with Gasteiger partial charge in [0.2, 0.25) is 0 Å². The van der Waals surface area contributed by atoms with Crippen molar-refractivity contribution in [1.29, 1.82) is 0 Å². The third kappa shape index (κ3) is 4.41. The lowest BCUT2D eigenvalue weighted by atomic mass is 9.98. The van der Waals surface area contributed by atoms with Crippen molar-refractivity contribution >= 4 is 23.0 Å². The van der Waals surface area contributed by atoms with Crippen LogP contribution >= 0.6 is 11.8 Å². The quantitative estimate of drug-likeness (QED) is 0.698. The molecule has 0 radical (unpaired) electrons. The third-order valence-corrected chi connectivity index (χ3v) is 4.59. The Kier molecular flexibility index (Phi) is 5.93. The molecule has 0 aromatic carbocycles. The SMILES string of the molecule is C#CCN(C(=O)OC(C)(C)C)C1=N[C@@H]2[C@@H](O)[C@H](O)[C@@H](C(F)F)O[C@@H]2S1. The van der Waals surface area contributed by atoms with Gasteiger partial charge in [0.1, 0.15) is 35.4 Å². The van der Waals surface area contributed by atoms with Crippen LogP contribution in [0.25, 0.3) is 0 Å². The molecule has 25 heavy (non-hydrogen) atoms. The molecular formula is C15H20F2N2O5S. The van der Waals surface area contributed by atoms with Crippen LogP contribution in [0.4, 0.5) is 13.6 Å². The van der Waals surface area contributed by atoms with Gasteiger partial charge in [-0.1, -0.05) is 17.7 Å². The minimum absolute atomic E-state index is 0.0865. The molecule has 0 saturated carbocycles. The highest BCUT2D eigenvalue weighted by atomic mass is 32.2. The summed E-state index contributed by atoms with van der Waals surface area (Å²) in [5.74, 6) is 2.30. The number of fused-ring (bicyclic) bond motifs is 1. The van der Waals surface area contributed by atoms with Crippen molar-refractivity contribution in [3.63, 3.8) is 0 Å². The van der Waals surface area contributed by atoms with E-state index in [0.29, 0.717) is 0 Å². The Morgan fingerprint density at radius 3 is 2.64 bits per heavy atom. The molecule has 7 nitrogen and oxygen atoms in total. The van der Waals surface area contributed by atoms with Crippen molar-refractivity contribution in [2.24, 2.45) is 4.99 Å². The zero-order valence-corrected chi connectivity index (χ0v) is 14.7. The van der Waals surface area contributed by atoms with E-state index < -0.39 is 47.9 Å². The van der Waals surface area contributed by atoms with Crippen LogP contribution in [0.3, 0.4) is 0 Å². The fourth-order valence-electron chi connectivity index (χ4n) is 2.33. The average molecular weight is 378 g/mol. The monoisotopic (exact) mass is 378 g/mol. The number of ether oxygens (including phenoxy) is 2. The van der Waals surface area contributed by atoms with Crippen LogP contribution in [0.15, 0.2) is 4.99 Å². The lowest BCUT2D eigenvalue weighted by Crippen LogP contribution is -2.56. The van der Waals surface area contributed by atoms with Crippen molar-refractivity contribution in [2.45, 2.75) is 62.6 Å². The van der Waals surface area contributed by atoms with Crippen LogP contribution in [-0.2, 0) is 9.47 Å². The normalized spacial score (nSPS) is 32.0. The number of halogens is 2. The number of alkyl halides is 2. The van der Waals surface area contributed by atoms with E-state index in [2.05, 4.69) is 10.9 Å². The van der Waals surface area contributed by atoms with Crippen LogP contribution < -0.4 is 0 Å². The molecule has 1 saturated heterocycles. The first kappa shape index (κ1) is 19.9. The van der Waals surface area contributed by atoms with Crippen molar-refractivity contribution < 1.29 is 33.3 Å². The fourth-order valence-corrected chi connectivity index (χ4v) is 3.53. The van der Waals surface area contributed by atoms with E-state index in [1.165, 1.54) is 0 Å². The number of terminal acetylenes is 1. The molecule has 1 fully saturated rings. The molecule has 2 rings (SSSR count). The molecule has 2 aliphatic heterocycles. The van der Waals surface area contributed by atoms with Gasteiger partial charge in [-0.05, 0) is 20.8 Å². The van der Waals surface area contributed by atoms with Gasteiger partial charge in [-0.2, -0.15) is 0 Å². The second kappa shape index (κ2) is 7.45. The number of hydrogen-bond donors (Lipinski definition) is 2. The summed E-state index contributed by atoms with van der Waals surface area (Å²) < 4.78 is 36.3. The highest BCUT2D eigenvalue weighted by Crippen LogP contribution is 2.39. The molecule has 140 valence electrons. The van der Waals surface area contributed by atoms with Gasteiger partial charge in [-0.25, -0.2) is 18.5 Å². The first-order valence-corrected chi connectivity index (χ1v) is 8.41. The van der Waals surface area contributed by atoms with Gasteiger partial charge in [-0.3, -0.25) is 4.99 Å². The summed E-state index contributed by atoms with van der Waals surface area (Å²) in [6.07, 6.45) is -3.61. The van der Waals surface area contributed by atoms with Gasteiger partial charge in [0.25, 0.3) is 6.43 Å². The molecular weight excluding hydrogens is 358 g/mol. The summed E-state index contributed by atoms with van der Waals surface area (Å²) in [5.41, 5.74) is -1.73. The molecule has 0 aromatic heterocycles. The molecule has 0 bridgehead atoms. The zero-order valence-electron chi connectivity index (χ0n) is 13.9. The smallest absolute Gasteiger partial charge is 0.417 e. The number of rotatable bonds is 2. The van der Waals surface area contributed by atoms with E-state index in [-0.39, 0.29) is 11.7 Å². The molecule has 0 aromatic rings. The van der Waals surface area contributed by atoms with E-state index in [1.54, 1.807) is 20.8 Å². The number of amidine groups is 1. The highest BCUT2D eigenvalue weighted by molar-refractivity contribution is 8.14. The second-order valence-electron chi connectivity index (χ2n) is 6.58. The number of aliphatic hydroxyl groups is 2. The number of aliphatic hydroxyl groups excluding tert-OH is 2. The summed E-state index contributed by atoms with van der Waals surface area (Å²) in [6, 6.07) is -0.993. The van der Waals surface area contributed by atoms with Crippen LogP contribution in [0.5, 0.6) is 0 Å². The highest BCUT2D eigenvalue weighted by Gasteiger charge is 2.52. The van der Waals surface area contributed by atoms with Gasteiger partial charge in [-0.15, -0.1) is 6.42 Å². The Labute approximate surface area is 148 Å². The number of thioether (sulfide) groups is 1. The maximum absolute atomic E-state index is 12.9. The molecule has 0 spiro atoms. The topological polar surface area (TPSA) is 91.6 Å². The van der Waals surface area contributed by atoms with E-state index in [9.17, 15) is 23.8 Å². The first-order chi connectivity index (χ1) is 11.5. The van der Waals surface area contributed by atoms with Gasteiger partial charge in [0.05, 0.1) is 6.54 Å². The van der Waals surface area contributed by atoms with Gasteiger partial charge >= 0.3 is 6.09 Å². The lowest BCUT2D eigenvalue weighted by molar-refractivity contribution is -0.193. The van der Waals surface area contributed by atoms with Crippen molar-refractivity contribution in [1.82, 2.24) is 4.90 Å². The van der Waals surface area contributed by atoms with E-state index in [0.717, 1.165) is 16.7 Å². The van der Waals surface area contributed by atoms with Gasteiger partial charge in [0, 0.05) is 0 Å². The number of amides is 1. The van der Waals surface area contributed by atoms with Crippen LogP contribution in [0, 0.1) is 12.3 Å². The summed E-state index contributed by atoms with van der Waals surface area (Å²) >= 11 is 0.877. The minimum Gasteiger partial charge on any atom is -0.443 e. The minimum atomic E-state index is -2.97. The summed E-state index contributed by atoms with van der Waals surface area (Å²) in [5, 5.41) is 19.9. The molecule has 0 unspecified atom stereocenters. The maximum Gasteiger partial charge on any atom is 0.417 e. The Bertz CT molecular complexity index is 589. The van der Waals surface area contributed by atoms with E-state index >= 15 is 0 Å². The largest absolute Gasteiger partial charge is 0.443 e. The summed E-state index contributed by atoms with van der Waals surface area (Å²) in [6.45, 7) is 4.88. The molecule has 2 aliphatic rings. The predicted molar refractivity (Wildman–Crippen MR) is 87.3 cm³/mol. The van der Waals surface area contributed by atoms with Crippen LogP contribution in [-0.4, -0.2) is 74.7 Å². The molecule has 0 aliphatic carbocycles. The standard InChI is InChI=1S/C15H20F2N2O5S/c1-5-6-19(14(22)24-15(2,3)4)13-18-7-8(20)9(21)10(11(16)17)23-12(7)25-13/h1,7-12,20-21H,6H2,2-4H3/t7-,8-,9+,10+,12-/m1/s1. The van der Waals surface area contributed by atoms with Crippen LogP contribution in [0.2, 0.25) is 0 Å². The van der Waals surface area contributed by atoms with E-state index in [4.69, 9.17) is 15.9 Å².